The Morgan fingerprint density at radius 1 is 1.35 bits per heavy atom. The van der Waals surface area contributed by atoms with E-state index in [1.54, 1.807) is 12.3 Å². The predicted octanol–water partition coefficient (Wildman–Crippen LogP) is 2.52. The number of methoxy groups -OCH3 is 1. The minimum atomic E-state index is -4.07. The third kappa shape index (κ3) is 6.11. The standard InChI is InChI=1S/C11H15F3N2O/c1-17-10-4-3-9(8-16-10)7-15-6-2-5-11(12,13)14/h3-4,8,15H,2,5-7H2,1H3. The molecule has 0 bridgehead atoms. The SMILES string of the molecule is COc1ccc(CNCCCC(F)(F)F)cn1. The van der Waals surface area contributed by atoms with Gasteiger partial charge in [0.05, 0.1) is 7.11 Å². The highest BCUT2D eigenvalue weighted by atomic mass is 19.4. The number of aromatic nitrogens is 1. The van der Waals surface area contributed by atoms with Crippen LogP contribution in [0.25, 0.3) is 0 Å². The molecule has 0 radical (unpaired) electrons. The molecule has 0 saturated carbocycles. The lowest BCUT2D eigenvalue weighted by atomic mass is 10.2. The summed E-state index contributed by atoms with van der Waals surface area (Å²) in [5.74, 6) is 0.519. The number of nitrogens with one attached hydrogen (secondary N) is 1. The number of hydrogen-bond acceptors (Lipinski definition) is 3. The van der Waals surface area contributed by atoms with Crippen molar-refractivity contribution < 1.29 is 17.9 Å². The molecule has 96 valence electrons. The highest BCUT2D eigenvalue weighted by Crippen LogP contribution is 2.20. The van der Waals surface area contributed by atoms with Crippen LogP contribution in [0.3, 0.4) is 0 Å². The zero-order valence-corrected chi connectivity index (χ0v) is 9.55. The molecule has 0 atom stereocenters. The van der Waals surface area contributed by atoms with Gasteiger partial charge in [-0.05, 0) is 18.5 Å². The van der Waals surface area contributed by atoms with Crippen molar-refractivity contribution in [1.82, 2.24) is 10.3 Å². The molecule has 6 heteroatoms. The molecule has 3 nitrogen and oxygen atoms in total. The summed E-state index contributed by atoms with van der Waals surface area (Å²) in [6.45, 7) is 0.848. The summed E-state index contributed by atoms with van der Waals surface area (Å²) in [6.07, 6.45) is -3.09. The van der Waals surface area contributed by atoms with Crippen LogP contribution in [0.4, 0.5) is 13.2 Å². The van der Waals surface area contributed by atoms with Gasteiger partial charge in [0.1, 0.15) is 0 Å². The van der Waals surface area contributed by atoms with Gasteiger partial charge in [-0.15, -0.1) is 0 Å². The molecule has 0 aromatic carbocycles. The summed E-state index contributed by atoms with van der Waals surface area (Å²) >= 11 is 0. The second-order valence-electron chi connectivity index (χ2n) is 3.60. The lowest BCUT2D eigenvalue weighted by molar-refractivity contribution is -0.135. The summed E-state index contributed by atoms with van der Waals surface area (Å²) < 4.78 is 40.4. The Morgan fingerprint density at radius 3 is 2.65 bits per heavy atom. The largest absolute Gasteiger partial charge is 0.481 e. The third-order valence-corrected chi connectivity index (χ3v) is 2.15. The molecule has 0 fully saturated rings. The molecule has 0 spiro atoms. The number of hydrogen-bond donors (Lipinski definition) is 1. The Hall–Kier alpha value is -1.30. The molecule has 17 heavy (non-hydrogen) atoms. The number of nitrogens with zero attached hydrogens (tertiary/aromatic N) is 1. The molecule has 0 aliphatic rings. The van der Waals surface area contributed by atoms with Gasteiger partial charge in [0.2, 0.25) is 5.88 Å². The van der Waals surface area contributed by atoms with E-state index in [1.807, 2.05) is 6.07 Å². The van der Waals surface area contributed by atoms with Crippen LogP contribution in [0.5, 0.6) is 5.88 Å². The predicted molar refractivity (Wildman–Crippen MR) is 57.8 cm³/mol. The van der Waals surface area contributed by atoms with E-state index in [2.05, 4.69) is 10.3 Å². The number of pyridine rings is 1. The number of ether oxygens (including phenoxy) is 1. The number of halogens is 3. The van der Waals surface area contributed by atoms with Gasteiger partial charge < -0.3 is 10.1 Å². The average molecular weight is 248 g/mol. The minimum Gasteiger partial charge on any atom is -0.481 e. The Labute approximate surface area is 98.0 Å². The van der Waals surface area contributed by atoms with Crippen LogP contribution in [0.2, 0.25) is 0 Å². The molecule has 0 saturated heterocycles. The maximum atomic E-state index is 11.8. The van der Waals surface area contributed by atoms with Crippen molar-refractivity contribution >= 4 is 0 Å². The minimum absolute atomic E-state index is 0.0904. The van der Waals surface area contributed by atoms with Gasteiger partial charge in [0.25, 0.3) is 0 Å². The van der Waals surface area contributed by atoms with E-state index in [-0.39, 0.29) is 6.42 Å². The van der Waals surface area contributed by atoms with Crippen LogP contribution >= 0.6 is 0 Å². The molecule has 1 rings (SSSR count). The summed E-state index contributed by atoms with van der Waals surface area (Å²) in [5, 5.41) is 2.93. The molecule has 1 N–H and O–H groups in total. The van der Waals surface area contributed by atoms with E-state index in [1.165, 1.54) is 7.11 Å². The Balaban J connectivity index is 2.18. The van der Waals surface area contributed by atoms with Gasteiger partial charge in [-0.25, -0.2) is 4.98 Å². The van der Waals surface area contributed by atoms with Gasteiger partial charge >= 0.3 is 6.18 Å². The lowest BCUT2D eigenvalue weighted by Crippen LogP contribution is -2.17. The zero-order valence-electron chi connectivity index (χ0n) is 9.55. The van der Waals surface area contributed by atoms with E-state index in [9.17, 15) is 13.2 Å². The maximum Gasteiger partial charge on any atom is 0.389 e. The topological polar surface area (TPSA) is 34.1 Å². The van der Waals surface area contributed by atoms with Crippen molar-refractivity contribution in [2.24, 2.45) is 0 Å². The molecule has 1 heterocycles. The van der Waals surface area contributed by atoms with Crippen LogP contribution in [0, 0.1) is 0 Å². The quantitative estimate of drug-likeness (QED) is 0.785. The lowest BCUT2D eigenvalue weighted by Gasteiger charge is -2.07. The normalized spacial score (nSPS) is 11.5. The first-order chi connectivity index (χ1) is 8.01. The van der Waals surface area contributed by atoms with Crippen LogP contribution < -0.4 is 10.1 Å². The summed E-state index contributed by atoms with van der Waals surface area (Å²) in [7, 11) is 1.53. The fourth-order valence-corrected chi connectivity index (χ4v) is 1.28. The first-order valence-corrected chi connectivity index (χ1v) is 5.27. The molecule has 0 aliphatic heterocycles. The average Bonchev–Trinajstić information content (AvgIpc) is 2.28. The Morgan fingerprint density at radius 2 is 2.12 bits per heavy atom. The Bertz CT molecular complexity index is 324. The van der Waals surface area contributed by atoms with Crippen molar-refractivity contribution in [3.63, 3.8) is 0 Å². The van der Waals surface area contributed by atoms with E-state index < -0.39 is 12.6 Å². The van der Waals surface area contributed by atoms with Crippen molar-refractivity contribution in [2.75, 3.05) is 13.7 Å². The number of rotatable bonds is 6. The summed E-state index contributed by atoms with van der Waals surface area (Å²) in [6, 6.07) is 3.54. The zero-order chi connectivity index (χ0) is 12.7. The molecular formula is C11H15F3N2O. The first-order valence-electron chi connectivity index (χ1n) is 5.27. The highest BCUT2D eigenvalue weighted by Gasteiger charge is 2.25. The van der Waals surface area contributed by atoms with Crippen LogP contribution in [-0.2, 0) is 6.54 Å². The van der Waals surface area contributed by atoms with Gasteiger partial charge in [0.15, 0.2) is 0 Å². The van der Waals surface area contributed by atoms with Gasteiger partial charge in [0, 0.05) is 25.2 Å². The molecule has 0 unspecified atom stereocenters. The van der Waals surface area contributed by atoms with Crippen molar-refractivity contribution in [1.29, 1.82) is 0 Å². The molecule has 0 aliphatic carbocycles. The molecular weight excluding hydrogens is 233 g/mol. The number of alkyl halides is 3. The van der Waals surface area contributed by atoms with Gasteiger partial charge in [-0.2, -0.15) is 13.2 Å². The fraction of sp³-hybridized carbons (Fsp3) is 0.545. The van der Waals surface area contributed by atoms with E-state index in [0.717, 1.165) is 5.56 Å². The van der Waals surface area contributed by atoms with E-state index in [0.29, 0.717) is 19.0 Å². The van der Waals surface area contributed by atoms with Crippen LogP contribution in [0.15, 0.2) is 18.3 Å². The highest BCUT2D eigenvalue weighted by molar-refractivity contribution is 5.17. The first kappa shape index (κ1) is 13.8. The summed E-state index contributed by atoms with van der Waals surface area (Å²) in [5.41, 5.74) is 0.915. The molecule has 1 aromatic heterocycles. The van der Waals surface area contributed by atoms with Gasteiger partial charge in [-0.1, -0.05) is 6.07 Å². The monoisotopic (exact) mass is 248 g/mol. The van der Waals surface area contributed by atoms with E-state index >= 15 is 0 Å². The third-order valence-electron chi connectivity index (χ3n) is 2.15. The maximum absolute atomic E-state index is 11.8. The Kier molecular flexibility index (Phi) is 5.21. The van der Waals surface area contributed by atoms with Crippen LogP contribution in [0.1, 0.15) is 18.4 Å². The van der Waals surface area contributed by atoms with Crippen LogP contribution in [-0.4, -0.2) is 24.8 Å². The van der Waals surface area contributed by atoms with Crippen molar-refractivity contribution in [3.8, 4) is 5.88 Å². The smallest absolute Gasteiger partial charge is 0.389 e. The molecule has 0 amide bonds. The van der Waals surface area contributed by atoms with Gasteiger partial charge in [-0.3, -0.25) is 0 Å². The van der Waals surface area contributed by atoms with Crippen molar-refractivity contribution in [3.05, 3.63) is 23.9 Å². The van der Waals surface area contributed by atoms with Crippen molar-refractivity contribution in [2.45, 2.75) is 25.6 Å². The second-order valence-corrected chi connectivity index (χ2v) is 3.60. The second kappa shape index (κ2) is 6.44. The van der Waals surface area contributed by atoms with E-state index in [4.69, 9.17) is 4.74 Å². The fourth-order valence-electron chi connectivity index (χ4n) is 1.28. The summed E-state index contributed by atoms with van der Waals surface area (Å²) in [4.78, 5) is 3.99. The molecule has 1 aromatic rings.